The number of carbonyl (C=O) groups is 1. The summed E-state index contributed by atoms with van der Waals surface area (Å²) in [5, 5.41) is 8.10. The summed E-state index contributed by atoms with van der Waals surface area (Å²) in [4.78, 5) is 12.0. The number of amides is 1. The summed E-state index contributed by atoms with van der Waals surface area (Å²) in [5.74, 6) is 3.61. The van der Waals surface area contributed by atoms with Crippen molar-refractivity contribution in [3.63, 3.8) is 0 Å². The van der Waals surface area contributed by atoms with Gasteiger partial charge in [0.05, 0.1) is 5.25 Å². The number of rotatable bonds is 4. The van der Waals surface area contributed by atoms with E-state index in [0.717, 1.165) is 11.8 Å². The molecule has 0 unspecified atom stereocenters. The lowest BCUT2D eigenvalue weighted by atomic mass is 10.3. The minimum atomic E-state index is -4.70. The molecular weight excluding hydrogens is 319 g/mol. The Morgan fingerprint density at radius 2 is 1.95 bits per heavy atom. The first-order chi connectivity index (χ1) is 10.3. The van der Waals surface area contributed by atoms with Gasteiger partial charge in [-0.25, -0.2) is 4.68 Å². The number of thioether (sulfide) groups is 1. The Bertz CT molecular complexity index is 659. The van der Waals surface area contributed by atoms with Crippen molar-refractivity contribution in [2.24, 2.45) is 0 Å². The van der Waals surface area contributed by atoms with Gasteiger partial charge in [-0.3, -0.25) is 4.79 Å². The number of halogens is 3. The minimum Gasteiger partial charge on any atom is -0.335 e. The van der Waals surface area contributed by atoms with E-state index in [9.17, 15) is 18.0 Å². The number of nitrogens with two attached hydrogens (primary N) is 1. The van der Waals surface area contributed by atoms with E-state index >= 15 is 0 Å². The number of anilines is 1. The number of para-hydroxylation sites is 1. The average Bonchev–Trinajstić information content (AvgIpc) is 2.81. The molecule has 0 aliphatic rings. The highest BCUT2D eigenvalue weighted by atomic mass is 32.2. The van der Waals surface area contributed by atoms with E-state index in [1.165, 1.54) is 6.92 Å². The van der Waals surface area contributed by atoms with E-state index in [1.807, 2.05) is 0 Å². The highest BCUT2D eigenvalue weighted by Gasteiger charge is 2.38. The molecule has 2 aromatic rings. The third-order valence-electron chi connectivity index (χ3n) is 2.61. The quantitative estimate of drug-likeness (QED) is 0.662. The van der Waals surface area contributed by atoms with Gasteiger partial charge in [-0.15, -0.1) is 10.2 Å². The molecule has 6 nitrogen and oxygen atoms in total. The number of aromatic nitrogens is 3. The van der Waals surface area contributed by atoms with E-state index in [-0.39, 0.29) is 11.1 Å². The van der Waals surface area contributed by atoms with E-state index in [2.05, 4.69) is 15.5 Å². The molecule has 3 N–H and O–H groups in total. The Labute approximate surface area is 127 Å². The lowest BCUT2D eigenvalue weighted by Gasteiger charge is -2.11. The number of nitrogens with one attached hydrogen (secondary N) is 1. The fourth-order valence-electron chi connectivity index (χ4n) is 1.53. The minimum absolute atomic E-state index is 0.192. The molecule has 0 aliphatic heterocycles. The van der Waals surface area contributed by atoms with Crippen molar-refractivity contribution in [1.29, 1.82) is 0 Å². The molecule has 1 aromatic heterocycles. The summed E-state index contributed by atoms with van der Waals surface area (Å²) >= 11 is 0.787. The standard InChI is InChI=1S/C12H12F3N5OS/c1-7(9(21)17-8-5-3-2-4-6-8)22-11-19-18-10(20(11)16)12(13,14)15/h2-7H,16H2,1H3,(H,17,21)/t7-/m0/s1. The Kier molecular flexibility index (Phi) is 4.59. The van der Waals surface area contributed by atoms with E-state index < -0.39 is 17.3 Å². The number of hydrogen-bond acceptors (Lipinski definition) is 5. The third kappa shape index (κ3) is 3.70. The van der Waals surface area contributed by atoms with E-state index in [1.54, 1.807) is 30.3 Å². The van der Waals surface area contributed by atoms with Crippen LogP contribution in [0.1, 0.15) is 12.7 Å². The predicted molar refractivity (Wildman–Crippen MR) is 75.6 cm³/mol. The second kappa shape index (κ2) is 6.26. The molecular formula is C12H12F3N5OS. The highest BCUT2D eigenvalue weighted by Crippen LogP contribution is 2.30. The van der Waals surface area contributed by atoms with Gasteiger partial charge in [0.1, 0.15) is 0 Å². The van der Waals surface area contributed by atoms with Gasteiger partial charge < -0.3 is 11.2 Å². The maximum atomic E-state index is 12.6. The van der Waals surface area contributed by atoms with Gasteiger partial charge in [-0.2, -0.15) is 13.2 Å². The van der Waals surface area contributed by atoms with Crippen LogP contribution in [-0.4, -0.2) is 26.0 Å². The van der Waals surface area contributed by atoms with Crippen molar-refractivity contribution in [2.45, 2.75) is 23.5 Å². The molecule has 0 saturated carbocycles. The molecule has 0 aliphatic carbocycles. The number of hydrogen-bond donors (Lipinski definition) is 2. The van der Waals surface area contributed by atoms with Crippen LogP contribution in [0.25, 0.3) is 0 Å². The van der Waals surface area contributed by atoms with Gasteiger partial charge in [0, 0.05) is 5.69 Å². The van der Waals surface area contributed by atoms with Crippen LogP contribution in [0.4, 0.5) is 18.9 Å². The number of nitrogens with zero attached hydrogens (tertiary/aromatic N) is 3. The van der Waals surface area contributed by atoms with Gasteiger partial charge in [0.15, 0.2) is 0 Å². The fourth-order valence-corrected chi connectivity index (χ4v) is 2.30. The van der Waals surface area contributed by atoms with Gasteiger partial charge in [0.2, 0.25) is 11.1 Å². The fraction of sp³-hybridized carbons (Fsp3) is 0.250. The molecule has 1 atom stereocenters. The second-order valence-electron chi connectivity index (χ2n) is 4.29. The van der Waals surface area contributed by atoms with Gasteiger partial charge in [-0.05, 0) is 19.1 Å². The maximum absolute atomic E-state index is 12.6. The first kappa shape index (κ1) is 16.1. The highest BCUT2D eigenvalue weighted by molar-refractivity contribution is 8.00. The molecule has 1 heterocycles. The van der Waals surface area contributed by atoms with Gasteiger partial charge >= 0.3 is 6.18 Å². The molecule has 10 heteroatoms. The van der Waals surface area contributed by atoms with Crippen molar-refractivity contribution in [3.8, 4) is 0 Å². The van der Waals surface area contributed by atoms with Gasteiger partial charge in [-0.1, -0.05) is 30.0 Å². The number of alkyl halides is 3. The van der Waals surface area contributed by atoms with Crippen LogP contribution in [0, 0.1) is 0 Å². The number of benzene rings is 1. The monoisotopic (exact) mass is 331 g/mol. The van der Waals surface area contributed by atoms with Crippen LogP contribution >= 0.6 is 11.8 Å². The molecule has 1 amide bonds. The molecule has 0 radical (unpaired) electrons. The van der Waals surface area contributed by atoms with Crippen LogP contribution in [0.2, 0.25) is 0 Å². The molecule has 0 spiro atoms. The van der Waals surface area contributed by atoms with Crippen LogP contribution in [0.15, 0.2) is 35.5 Å². The van der Waals surface area contributed by atoms with E-state index in [0.29, 0.717) is 10.4 Å². The molecule has 118 valence electrons. The molecule has 0 fully saturated rings. The van der Waals surface area contributed by atoms with Crippen molar-refractivity contribution < 1.29 is 18.0 Å². The van der Waals surface area contributed by atoms with Crippen LogP contribution in [-0.2, 0) is 11.0 Å². The Morgan fingerprint density at radius 1 is 1.32 bits per heavy atom. The van der Waals surface area contributed by atoms with Crippen molar-refractivity contribution >= 4 is 23.4 Å². The Morgan fingerprint density at radius 3 is 2.50 bits per heavy atom. The van der Waals surface area contributed by atoms with E-state index in [4.69, 9.17) is 5.84 Å². The second-order valence-corrected chi connectivity index (χ2v) is 5.60. The lowest BCUT2D eigenvalue weighted by Crippen LogP contribution is -2.25. The van der Waals surface area contributed by atoms with Crippen LogP contribution in [0.3, 0.4) is 0 Å². The number of nitrogen functional groups attached to an aromatic ring is 1. The van der Waals surface area contributed by atoms with Crippen LogP contribution in [0.5, 0.6) is 0 Å². The largest absolute Gasteiger partial charge is 0.453 e. The zero-order valence-corrected chi connectivity index (χ0v) is 12.1. The number of carbonyl (C=O) groups excluding carboxylic acids is 1. The first-order valence-corrected chi connectivity index (χ1v) is 6.97. The van der Waals surface area contributed by atoms with Gasteiger partial charge in [0.25, 0.3) is 5.82 Å². The lowest BCUT2D eigenvalue weighted by molar-refractivity contribution is -0.146. The molecule has 22 heavy (non-hydrogen) atoms. The predicted octanol–water partition coefficient (Wildman–Crippen LogP) is 2.13. The summed E-state index contributed by atoms with van der Waals surface area (Å²) in [5.41, 5.74) is 0.588. The summed E-state index contributed by atoms with van der Waals surface area (Å²) in [6, 6.07) is 8.69. The summed E-state index contributed by atoms with van der Waals surface area (Å²) < 4.78 is 38.0. The van der Waals surface area contributed by atoms with Crippen molar-refractivity contribution in [3.05, 3.63) is 36.2 Å². The maximum Gasteiger partial charge on any atom is 0.453 e. The summed E-state index contributed by atoms with van der Waals surface area (Å²) in [6.45, 7) is 1.53. The zero-order valence-electron chi connectivity index (χ0n) is 11.3. The smallest absolute Gasteiger partial charge is 0.335 e. The summed E-state index contributed by atoms with van der Waals surface area (Å²) in [6.07, 6.45) is -4.70. The first-order valence-electron chi connectivity index (χ1n) is 6.09. The van der Waals surface area contributed by atoms with Crippen LogP contribution < -0.4 is 11.2 Å². The normalized spacial score (nSPS) is 12.9. The zero-order chi connectivity index (χ0) is 16.3. The topological polar surface area (TPSA) is 85.8 Å². The SMILES string of the molecule is C[C@H](Sc1nnc(C(F)(F)F)n1N)C(=O)Nc1ccccc1. The molecule has 1 aromatic carbocycles. The molecule has 2 rings (SSSR count). The van der Waals surface area contributed by atoms with Crippen molar-refractivity contribution in [1.82, 2.24) is 14.9 Å². The summed E-state index contributed by atoms with van der Waals surface area (Å²) in [7, 11) is 0. The van der Waals surface area contributed by atoms with Crippen molar-refractivity contribution in [2.75, 3.05) is 11.2 Å². The molecule has 0 bridgehead atoms. The Balaban J connectivity index is 2.04. The average molecular weight is 331 g/mol. The Hall–Kier alpha value is -2.23. The molecule has 0 saturated heterocycles. The third-order valence-corrected chi connectivity index (χ3v) is 3.67.